The Morgan fingerprint density at radius 3 is 2.72 bits per heavy atom. The molecule has 0 heterocycles. The molecule has 0 saturated heterocycles. The maximum absolute atomic E-state index is 5.80. The van der Waals surface area contributed by atoms with Crippen molar-refractivity contribution in [1.82, 2.24) is 0 Å². The summed E-state index contributed by atoms with van der Waals surface area (Å²) < 4.78 is 6.84. The van der Waals surface area contributed by atoms with Gasteiger partial charge >= 0.3 is 0 Å². The second-order valence-electron chi connectivity index (χ2n) is 4.52. The van der Waals surface area contributed by atoms with Crippen molar-refractivity contribution in [3.63, 3.8) is 0 Å². The Kier molecular flexibility index (Phi) is 7.06. The van der Waals surface area contributed by atoms with Crippen LogP contribution in [0, 0.1) is 13.8 Å². The predicted octanol–water partition coefficient (Wildman–Crippen LogP) is 2.97. The number of unbranched alkanes of at least 4 members (excludes halogenated alkanes) is 1. The van der Waals surface area contributed by atoms with E-state index in [1.165, 1.54) is 17.5 Å². The van der Waals surface area contributed by atoms with E-state index in [2.05, 4.69) is 53.8 Å². The largest absolute Gasteiger partial charge is 0.492 e. The Morgan fingerprint density at radius 1 is 1.28 bits per heavy atom. The zero-order valence-electron chi connectivity index (χ0n) is 11.3. The molecule has 0 spiro atoms. The van der Waals surface area contributed by atoms with Gasteiger partial charge in [0.2, 0.25) is 0 Å². The quantitative estimate of drug-likeness (QED) is 0.579. The molecule has 1 rings (SSSR count). The molecule has 0 unspecified atom stereocenters. The molecule has 2 nitrogen and oxygen atoms in total. The van der Waals surface area contributed by atoms with E-state index in [4.69, 9.17) is 4.74 Å². The van der Waals surface area contributed by atoms with Gasteiger partial charge in [0.25, 0.3) is 0 Å². The highest BCUT2D eigenvalue weighted by Gasteiger charge is 2.04. The Hall–Kier alpha value is -0.800. The Morgan fingerprint density at radius 2 is 2.00 bits per heavy atom. The Balaban J connectivity index is 2.27. The van der Waals surface area contributed by atoms with Crippen LogP contribution in [-0.4, -0.2) is 19.7 Å². The van der Waals surface area contributed by atoms with Gasteiger partial charge in [-0.1, -0.05) is 6.58 Å². The molecule has 0 aliphatic heterocycles. The lowest BCUT2D eigenvalue weighted by molar-refractivity contribution is -0.646. The van der Waals surface area contributed by atoms with E-state index >= 15 is 0 Å². The van der Waals surface area contributed by atoms with E-state index in [0.717, 1.165) is 36.3 Å². The van der Waals surface area contributed by atoms with Crippen LogP contribution in [0.25, 0.3) is 0 Å². The van der Waals surface area contributed by atoms with Gasteiger partial charge in [-0.25, -0.2) is 0 Å². The smallest absolute Gasteiger partial charge is 0.133 e. The number of hydrogen-bond donors (Lipinski definition) is 1. The molecule has 0 bridgehead atoms. The normalized spacial score (nSPS) is 10.4. The third-order valence-electron chi connectivity index (χ3n) is 2.94. The van der Waals surface area contributed by atoms with E-state index in [-0.39, 0.29) is 0 Å². The third-order valence-corrected chi connectivity index (χ3v) is 3.56. The standard InChI is InChI=1S/C15H22BrNO/c1-4-7-17-8-5-6-9-18-15-11-13(3)12(2)10-14(15)16/h4,10-11,17H,1,5-9H2,2-3H3/p+1. The average Bonchev–Trinajstić information content (AvgIpc) is 2.34. The predicted molar refractivity (Wildman–Crippen MR) is 80.2 cm³/mol. The van der Waals surface area contributed by atoms with Gasteiger partial charge in [-0.3, -0.25) is 0 Å². The number of aryl methyl sites for hydroxylation is 2. The highest BCUT2D eigenvalue weighted by atomic mass is 79.9. The van der Waals surface area contributed by atoms with Crippen LogP contribution in [0.15, 0.2) is 29.3 Å². The number of benzene rings is 1. The van der Waals surface area contributed by atoms with Gasteiger partial charge in [0.1, 0.15) is 5.75 Å². The van der Waals surface area contributed by atoms with Crippen molar-refractivity contribution in [3.05, 3.63) is 40.4 Å². The molecule has 0 atom stereocenters. The average molecular weight is 313 g/mol. The highest BCUT2D eigenvalue weighted by Crippen LogP contribution is 2.28. The minimum atomic E-state index is 0.781. The number of rotatable bonds is 8. The first-order valence-corrected chi connectivity index (χ1v) is 7.26. The fourth-order valence-corrected chi connectivity index (χ4v) is 2.25. The van der Waals surface area contributed by atoms with Gasteiger partial charge in [0.15, 0.2) is 0 Å². The van der Waals surface area contributed by atoms with Crippen LogP contribution in [0.3, 0.4) is 0 Å². The monoisotopic (exact) mass is 312 g/mol. The van der Waals surface area contributed by atoms with Gasteiger partial charge in [-0.15, -0.1) is 0 Å². The van der Waals surface area contributed by atoms with Gasteiger partial charge in [-0.05, 0) is 72.0 Å². The zero-order valence-corrected chi connectivity index (χ0v) is 12.9. The van der Waals surface area contributed by atoms with Gasteiger partial charge in [0, 0.05) is 0 Å². The summed E-state index contributed by atoms with van der Waals surface area (Å²) in [5.41, 5.74) is 2.56. The van der Waals surface area contributed by atoms with E-state index in [9.17, 15) is 0 Å². The minimum absolute atomic E-state index is 0.781. The van der Waals surface area contributed by atoms with E-state index < -0.39 is 0 Å². The van der Waals surface area contributed by atoms with Crippen LogP contribution in [0.4, 0.5) is 0 Å². The van der Waals surface area contributed by atoms with E-state index in [1.54, 1.807) is 0 Å². The first-order chi connectivity index (χ1) is 8.65. The second kappa shape index (κ2) is 8.33. The van der Waals surface area contributed by atoms with E-state index in [1.807, 2.05) is 6.08 Å². The fraction of sp³-hybridized carbons (Fsp3) is 0.467. The van der Waals surface area contributed by atoms with Gasteiger partial charge in [0.05, 0.1) is 24.2 Å². The van der Waals surface area contributed by atoms with Crippen molar-refractivity contribution in [2.75, 3.05) is 19.7 Å². The lowest BCUT2D eigenvalue weighted by Crippen LogP contribution is -2.83. The summed E-state index contributed by atoms with van der Waals surface area (Å²) in [5, 5.41) is 2.26. The van der Waals surface area contributed by atoms with Crippen molar-refractivity contribution >= 4 is 15.9 Å². The van der Waals surface area contributed by atoms with Crippen molar-refractivity contribution in [1.29, 1.82) is 0 Å². The molecule has 0 aromatic heterocycles. The van der Waals surface area contributed by atoms with E-state index in [0.29, 0.717) is 0 Å². The molecule has 1 aromatic rings. The highest BCUT2D eigenvalue weighted by molar-refractivity contribution is 9.10. The first-order valence-electron chi connectivity index (χ1n) is 6.47. The molecule has 0 aliphatic rings. The molecular formula is C15H23BrNO+. The maximum atomic E-state index is 5.80. The SMILES string of the molecule is C=CC[NH2+]CCCCOc1cc(C)c(C)cc1Br. The molecule has 18 heavy (non-hydrogen) atoms. The van der Waals surface area contributed by atoms with Crippen molar-refractivity contribution < 1.29 is 10.1 Å². The second-order valence-corrected chi connectivity index (χ2v) is 5.38. The maximum Gasteiger partial charge on any atom is 0.133 e. The molecule has 1 aromatic carbocycles. The number of ether oxygens (including phenoxy) is 1. The van der Waals surface area contributed by atoms with Gasteiger partial charge < -0.3 is 10.1 Å². The lowest BCUT2D eigenvalue weighted by Gasteiger charge is -2.10. The summed E-state index contributed by atoms with van der Waals surface area (Å²) >= 11 is 3.54. The molecular weight excluding hydrogens is 290 g/mol. The fourth-order valence-electron chi connectivity index (χ4n) is 1.67. The summed E-state index contributed by atoms with van der Waals surface area (Å²) in [4.78, 5) is 0. The number of quaternary nitrogens is 1. The third kappa shape index (κ3) is 5.23. The Bertz CT molecular complexity index is 390. The Labute approximate surface area is 119 Å². The van der Waals surface area contributed by atoms with Crippen LogP contribution < -0.4 is 10.1 Å². The topological polar surface area (TPSA) is 25.8 Å². The molecule has 0 fully saturated rings. The number of halogens is 1. The lowest BCUT2D eigenvalue weighted by atomic mass is 10.1. The van der Waals surface area contributed by atoms with Crippen LogP contribution >= 0.6 is 15.9 Å². The van der Waals surface area contributed by atoms with Crippen molar-refractivity contribution in [3.8, 4) is 5.75 Å². The number of nitrogens with two attached hydrogens (primary N) is 1. The van der Waals surface area contributed by atoms with Crippen molar-refractivity contribution in [2.24, 2.45) is 0 Å². The zero-order chi connectivity index (χ0) is 13.4. The van der Waals surface area contributed by atoms with Crippen LogP contribution in [0.2, 0.25) is 0 Å². The summed E-state index contributed by atoms with van der Waals surface area (Å²) in [7, 11) is 0. The summed E-state index contributed by atoms with van der Waals surface area (Å²) in [6.07, 6.45) is 4.20. The summed E-state index contributed by atoms with van der Waals surface area (Å²) in [5.74, 6) is 0.952. The van der Waals surface area contributed by atoms with Crippen LogP contribution in [0.1, 0.15) is 24.0 Å². The molecule has 0 aliphatic carbocycles. The molecule has 100 valence electrons. The van der Waals surface area contributed by atoms with Crippen LogP contribution in [-0.2, 0) is 0 Å². The number of hydrogen-bond acceptors (Lipinski definition) is 1. The molecule has 0 radical (unpaired) electrons. The molecule has 3 heteroatoms. The van der Waals surface area contributed by atoms with Crippen molar-refractivity contribution in [2.45, 2.75) is 26.7 Å². The molecule has 0 amide bonds. The minimum Gasteiger partial charge on any atom is -0.492 e. The van der Waals surface area contributed by atoms with Crippen LogP contribution in [0.5, 0.6) is 5.75 Å². The molecule has 2 N–H and O–H groups in total. The molecule has 0 saturated carbocycles. The summed E-state index contributed by atoms with van der Waals surface area (Å²) in [6, 6.07) is 4.21. The van der Waals surface area contributed by atoms with Gasteiger partial charge in [-0.2, -0.15) is 0 Å². The first kappa shape index (κ1) is 15.3. The summed E-state index contributed by atoms with van der Waals surface area (Å²) in [6.45, 7) is 10.8.